The normalized spacial score (nSPS) is 18.7. The van der Waals surface area contributed by atoms with Crippen LogP contribution in [0.1, 0.15) is 10.4 Å². The first-order valence-corrected chi connectivity index (χ1v) is 7.94. The summed E-state index contributed by atoms with van der Waals surface area (Å²) in [6, 6.07) is 4.30. The highest BCUT2D eigenvalue weighted by Gasteiger charge is 2.33. The van der Waals surface area contributed by atoms with E-state index in [2.05, 4.69) is 15.9 Å². The van der Waals surface area contributed by atoms with Crippen molar-refractivity contribution in [1.82, 2.24) is 4.90 Å². The van der Waals surface area contributed by atoms with E-state index in [1.807, 2.05) is 0 Å². The Labute approximate surface area is 129 Å². The van der Waals surface area contributed by atoms with Crippen molar-refractivity contribution < 1.29 is 19.4 Å². The number of benzene rings is 1. The Hall–Kier alpha value is -1.21. The van der Waals surface area contributed by atoms with Crippen molar-refractivity contribution >= 4 is 39.6 Å². The number of hydrogen-bond donors (Lipinski definition) is 1. The fourth-order valence-corrected chi connectivity index (χ4v) is 3.46. The van der Waals surface area contributed by atoms with Gasteiger partial charge in [-0.1, -0.05) is 0 Å². The summed E-state index contributed by atoms with van der Waals surface area (Å²) in [7, 11) is 1.52. The molecular weight excluding hydrogens is 346 g/mol. The van der Waals surface area contributed by atoms with E-state index >= 15 is 0 Å². The number of thioether (sulfide) groups is 1. The summed E-state index contributed by atoms with van der Waals surface area (Å²) in [5.41, 5.74) is 0.419. The number of methoxy groups -OCH3 is 1. The van der Waals surface area contributed by atoms with Crippen LogP contribution in [0.5, 0.6) is 5.75 Å². The van der Waals surface area contributed by atoms with Crippen LogP contribution in [0.15, 0.2) is 22.7 Å². The maximum absolute atomic E-state index is 12.6. The molecule has 0 aliphatic carbocycles. The van der Waals surface area contributed by atoms with E-state index in [4.69, 9.17) is 4.74 Å². The number of ether oxygens (including phenoxy) is 1. The van der Waals surface area contributed by atoms with E-state index in [0.29, 0.717) is 28.1 Å². The van der Waals surface area contributed by atoms with Gasteiger partial charge in [-0.15, -0.1) is 0 Å². The number of carboxylic acid groups (broad SMARTS) is 1. The van der Waals surface area contributed by atoms with Gasteiger partial charge in [0.25, 0.3) is 5.91 Å². The number of carboxylic acids is 1. The Morgan fingerprint density at radius 3 is 2.90 bits per heavy atom. The Kier molecular flexibility index (Phi) is 4.93. The molecule has 0 radical (unpaired) electrons. The van der Waals surface area contributed by atoms with Gasteiger partial charge in [0.15, 0.2) is 0 Å². The third-order valence-corrected chi connectivity index (χ3v) is 4.79. The van der Waals surface area contributed by atoms with Gasteiger partial charge in [-0.2, -0.15) is 11.8 Å². The molecule has 0 saturated carbocycles. The molecule has 1 aliphatic heterocycles. The number of amides is 1. The Bertz CT molecular complexity index is 537. The molecule has 0 spiro atoms. The van der Waals surface area contributed by atoms with E-state index < -0.39 is 12.0 Å². The summed E-state index contributed by atoms with van der Waals surface area (Å²) in [5.74, 6) is 0.475. The third-order valence-electron chi connectivity index (χ3n) is 3.08. The molecule has 1 aromatic rings. The van der Waals surface area contributed by atoms with Crippen LogP contribution in [-0.2, 0) is 4.79 Å². The second kappa shape index (κ2) is 6.49. The summed E-state index contributed by atoms with van der Waals surface area (Å²) in [4.78, 5) is 25.3. The molecule has 7 heteroatoms. The molecule has 1 atom stereocenters. The van der Waals surface area contributed by atoms with Crippen molar-refractivity contribution in [3.63, 3.8) is 0 Å². The fourth-order valence-electron chi connectivity index (χ4n) is 2.00. The predicted octanol–water partition coefficient (Wildman–Crippen LogP) is 2.10. The van der Waals surface area contributed by atoms with Gasteiger partial charge in [-0.05, 0) is 34.1 Å². The summed E-state index contributed by atoms with van der Waals surface area (Å²) >= 11 is 4.88. The van der Waals surface area contributed by atoms with Crippen LogP contribution in [0.25, 0.3) is 0 Å². The van der Waals surface area contributed by atoms with Gasteiger partial charge >= 0.3 is 5.97 Å². The first kappa shape index (κ1) is 15.2. The number of carbonyl (C=O) groups is 2. The highest BCUT2D eigenvalue weighted by molar-refractivity contribution is 9.10. The predicted molar refractivity (Wildman–Crippen MR) is 80.5 cm³/mol. The monoisotopic (exact) mass is 359 g/mol. The number of carbonyl (C=O) groups excluding carboxylic acids is 1. The smallest absolute Gasteiger partial charge is 0.327 e. The summed E-state index contributed by atoms with van der Waals surface area (Å²) in [5, 5.41) is 9.23. The minimum atomic E-state index is -0.968. The van der Waals surface area contributed by atoms with Gasteiger partial charge in [0, 0.05) is 22.5 Å². The molecule has 1 saturated heterocycles. The highest BCUT2D eigenvalue weighted by Crippen LogP contribution is 2.26. The van der Waals surface area contributed by atoms with Crippen LogP contribution in [-0.4, -0.2) is 53.1 Å². The molecule has 5 nitrogen and oxygen atoms in total. The van der Waals surface area contributed by atoms with Gasteiger partial charge in [-0.25, -0.2) is 4.79 Å². The molecule has 1 aliphatic rings. The molecule has 1 heterocycles. The highest BCUT2D eigenvalue weighted by atomic mass is 79.9. The largest absolute Gasteiger partial charge is 0.497 e. The molecule has 1 N–H and O–H groups in total. The molecule has 108 valence electrons. The summed E-state index contributed by atoms with van der Waals surface area (Å²) in [6.45, 7) is 0.435. The molecule has 0 aromatic heterocycles. The number of nitrogens with zero attached hydrogens (tertiary/aromatic N) is 1. The second-order valence-electron chi connectivity index (χ2n) is 4.27. The fraction of sp³-hybridized carbons (Fsp3) is 0.385. The van der Waals surface area contributed by atoms with E-state index in [0.717, 1.165) is 5.75 Å². The average Bonchev–Trinajstić information content (AvgIpc) is 2.47. The van der Waals surface area contributed by atoms with Crippen molar-refractivity contribution in [2.24, 2.45) is 0 Å². The summed E-state index contributed by atoms with van der Waals surface area (Å²) < 4.78 is 5.74. The molecule has 1 unspecified atom stereocenters. The first-order chi connectivity index (χ1) is 9.54. The topological polar surface area (TPSA) is 66.8 Å². The Morgan fingerprint density at radius 2 is 2.25 bits per heavy atom. The zero-order valence-electron chi connectivity index (χ0n) is 10.8. The zero-order chi connectivity index (χ0) is 14.7. The number of rotatable bonds is 3. The van der Waals surface area contributed by atoms with Crippen molar-refractivity contribution in [3.05, 3.63) is 28.2 Å². The van der Waals surface area contributed by atoms with E-state index in [-0.39, 0.29) is 5.91 Å². The molecule has 20 heavy (non-hydrogen) atoms. The van der Waals surface area contributed by atoms with Crippen LogP contribution >= 0.6 is 27.7 Å². The minimum absolute atomic E-state index is 0.288. The van der Waals surface area contributed by atoms with E-state index in [1.165, 1.54) is 12.0 Å². The van der Waals surface area contributed by atoms with Crippen molar-refractivity contribution in [3.8, 4) is 5.75 Å². The molecule has 2 rings (SSSR count). The third kappa shape index (κ3) is 3.09. The van der Waals surface area contributed by atoms with Crippen LogP contribution in [0, 0.1) is 0 Å². The first-order valence-electron chi connectivity index (χ1n) is 5.99. The number of aliphatic carboxylic acids is 1. The van der Waals surface area contributed by atoms with Crippen LogP contribution in [0.4, 0.5) is 0 Å². The van der Waals surface area contributed by atoms with Gasteiger partial charge in [-0.3, -0.25) is 4.79 Å². The van der Waals surface area contributed by atoms with Gasteiger partial charge in [0.2, 0.25) is 0 Å². The number of halogens is 1. The van der Waals surface area contributed by atoms with Crippen LogP contribution in [0.2, 0.25) is 0 Å². The molecular formula is C13H14BrNO4S. The lowest BCUT2D eigenvalue weighted by Crippen LogP contribution is -2.50. The number of hydrogen-bond acceptors (Lipinski definition) is 4. The standard InChI is InChI=1S/C13H14BrNO4S/c1-19-8-2-3-10(14)9(6-8)12(16)15-4-5-20-7-11(15)13(17)18/h2-3,6,11H,4-5,7H2,1H3,(H,17,18). The molecule has 1 aromatic carbocycles. The lowest BCUT2D eigenvalue weighted by Gasteiger charge is -2.32. The average molecular weight is 360 g/mol. The molecule has 1 fully saturated rings. The lowest BCUT2D eigenvalue weighted by molar-refractivity contribution is -0.141. The van der Waals surface area contributed by atoms with Crippen LogP contribution < -0.4 is 4.74 Å². The van der Waals surface area contributed by atoms with Gasteiger partial charge in [0.05, 0.1) is 12.7 Å². The maximum Gasteiger partial charge on any atom is 0.327 e. The van der Waals surface area contributed by atoms with Gasteiger partial charge < -0.3 is 14.7 Å². The Morgan fingerprint density at radius 1 is 1.50 bits per heavy atom. The van der Waals surface area contributed by atoms with Crippen molar-refractivity contribution in [1.29, 1.82) is 0 Å². The van der Waals surface area contributed by atoms with E-state index in [9.17, 15) is 14.7 Å². The lowest BCUT2D eigenvalue weighted by atomic mass is 10.1. The minimum Gasteiger partial charge on any atom is -0.497 e. The SMILES string of the molecule is COc1ccc(Br)c(C(=O)N2CCSCC2C(=O)O)c1. The maximum atomic E-state index is 12.6. The van der Waals surface area contributed by atoms with Crippen molar-refractivity contribution in [2.45, 2.75) is 6.04 Å². The zero-order valence-corrected chi connectivity index (χ0v) is 13.2. The summed E-state index contributed by atoms with van der Waals surface area (Å²) in [6.07, 6.45) is 0. The molecule has 0 bridgehead atoms. The second-order valence-corrected chi connectivity index (χ2v) is 6.28. The van der Waals surface area contributed by atoms with Gasteiger partial charge in [0.1, 0.15) is 11.8 Å². The van der Waals surface area contributed by atoms with Crippen LogP contribution in [0.3, 0.4) is 0 Å². The van der Waals surface area contributed by atoms with Crippen molar-refractivity contribution in [2.75, 3.05) is 25.2 Å². The quantitative estimate of drug-likeness (QED) is 0.894. The van der Waals surface area contributed by atoms with E-state index in [1.54, 1.807) is 30.0 Å². The Balaban J connectivity index is 2.31. The molecule has 1 amide bonds.